The van der Waals surface area contributed by atoms with Crippen LogP contribution in [0, 0.1) is 0 Å². The highest BCUT2D eigenvalue weighted by atomic mass is 32.2. The Labute approximate surface area is 128 Å². The molecule has 0 spiro atoms. The number of carbonyl (C=O) groups is 2. The Balaban J connectivity index is 1.85. The Bertz CT molecular complexity index is 590. The lowest BCUT2D eigenvalue weighted by Gasteiger charge is -2.25. The highest BCUT2D eigenvalue weighted by molar-refractivity contribution is 8.00. The molecule has 3 N–H and O–H groups in total. The third-order valence-electron chi connectivity index (χ3n) is 4.07. The number of nitrogens with zero attached hydrogens (tertiary/aromatic N) is 1. The molecule has 0 saturated carbocycles. The summed E-state index contributed by atoms with van der Waals surface area (Å²) >= 11 is 1.52. The van der Waals surface area contributed by atoms with Gasteiger partial charge >= 0.3 is 0 Å². The predicted molar refractivity (Wildman–Crippen MR) is 83.5 cm³/mol. The van der Waals surface area contributed by atoms with E-state index in [4.69, 9.17) is 5.73 Å². The van der Waals surface area contributed by atoms with Crippen LogP contribution in [-0.4, -0.2) is 41.1 Å². The molecule has 0 radical (unpaired) electrons. The highest BCUT2D eigenvalue weighted by Crippen LogP contribution is 2.36. The third-order valence-corrected chi connectivity index (χ3v) is 5.24. The first-order chi connectivity index (χ1) is 10.1. The van der Waals surface area contributed by atoms with E-state index in [0.29, 0.717) is 12.1 Å². The monoisotopic (exact) mass is 305 g/mol. The van der Waals surface area contributed by atoms with Gasteiger partial charge in [-0.25, -0.2) is 0 Å². The number of amides is 2. The van der Waals surface area contributed by atoms with E-state index in [2.05, 4.69) is 5.32 Å². The molecule has 1 fully saturated rings. The number of anilines is 1. The zero-order valence-electron chi connectivity index (χ0n) is 12.0. The van der Waals surface area contributed by atoms with Crippen LogP contribution in [0.5, 0.6) is 0 Å². The molecular formula is C15H19N3O2S. The summed E-state index contributed by atoms with van der Waals surface area (Å²) in [7, 11) is 0. The molecular weight excluding hydrogens is 286 g/mol. The number of hydrogen-bond donors (Lipinski definition) is 2. The summed E-state index contributed by atoms with van der Waals surface area (Å²) in [4.78, 5) is 27.2. The zero-order valence-corrected chi connectivity index (χ0v) is 12.8. The van der Waals surface area contributed by atoms with Crippen LogP contribution in [0.15, 0.2) is 23.1 Å². The minimum absolute atomic E-state index is 0.00335. The van der Waals surface area contributed by atoms with Crippen LogP contribution < -0.4 is 11.1 Å². The number of nitrogens with one attached hydrogen (secondary N) is 1. The van der Waals surface area contributed by atoms with Gasteiger partial charge in [0, 0.05) is 29.6 Å². The van der Waals surface area contributed by atoms with Crippen molar-refractivity contribution in [3.05, 3.63) is 23.8 Å². The van der Waals surface area contributed by atoms with Crippen molar-refractivity contribution in [3.63, 3.8) is 0 Å². The fourth-order valence-electron chi connectivity index (χ4n) is 2.86. The van der Waals surface area contributed by atoms with Crippen molar-refractivity contribution in [1.82, 2.24) is 4.90 Å². The molecule has 0 bridgehead atoms. The summed E-state index contributed by atoms with van der Waals surface area (Å²) in [5.41, 5.74) is 7.08. The van der Waals surface area contributed by atoms with E-state index in [0.717, 1.165) is 30.0 Å². The maximum absolute atomic E-state index is 12.6. The molecule has 1 aromatic carbocycles. The number of rotatable bonds is 2. The third kappa shape index (κ3) is 2.65. The molecule has 1 aromatic rings. The van der Waals surface area contributed by atoms with Gasteiger partial charge in [0.2, 0.25) is 5.91 Å². The number of thioether (sulfide) groups is 1. The summed E-state index contributed by atoms with van der Waals surface area (Å²) in [6, 6.07) is 5.67. The maximum atomic E-state index is 12.6. The molecule has 3 rings (SSSR count). The van der Waals surface area contributed by atoms with Gasteiger partial charge in [0.15, 0.2) is 0 Å². The predicted octanol–water partition coefficient (Wildman–Crippen LogP) is 1.68. The van der Waals surface area contributed by atoms with E-state index < -0.39 is 0 Å². The van der Waals surface area contributed by atoms with Crippen molar-refractivity contribution in [1.29, 1.82) is 0 Å². The molecule has 2 aliphatic rings. The van der Waals surface area contributed by atoms with E-state index >= 15 is 0 Å². The summed E-state index contributed by atoms with van der Waals surface area (Å²) in [6.07, 6.45) is 1.97. The van der Waals surface area contributed by atoms with Crippen LogP contribution in [0.1, 0.15) is 30.1 Å². The molecule has 2 amide bonds. The summed E-state index contributed by atoms with van der Waals surface area (Å²) < 4.78 is 0. The van der Waals surface area contributed by atoms with Gasteiger partial charge in [-0.05, 0) is 38.0 Å². The van der Waals surface area contributed by atoms with Crippen molar-refractivity contribution in [2.75, 3.05) is 18.4 Å². The number of benzene rings is 1. The number of fused-ring (bicyclic) bond motifs is 1. The van der Waals surface area contributed by atoms with Crippen molar-refractivity contribution in [3.8, 4) is 0 Å². The van der Waals surface area contributed by atoms with Crippen molar-refractivity contribution < 1.29 is 9.59 Å². The van der Waals surface area contributed by atoms with E-state index in [1.54, 1.807) is 6.07 Å². The van der Waals surface area contributed by atoms with Crippen LogP contribution in [-0.2, 0) is 4.79 Å². The van der Waals surface area contributed by atoms with Gasteiger partial charge < -0.3 is 16.0 Å². The average Bonchev–Trinajstić information content (AvgIpc) is 2.95. The number of carbonyl (C=O) groups excluding carboxylic acids is 2. The maximum Gasteiger partial charge on any atom is 0.254 e. The first kappa shape index (κ1) is 14.4. The SMILES string of the molecule is CC1Sc2ccc(C(=O)N3CCCC3CN)cc2NC1=O. The normalized spacial score (nSPS) is 24.7. The van der Waals surface area contributed by atoms with Crippen LogP contribution in [0.25, 0.3) is 0 Å². The Morgan fingerprint density at radius 3 is 3.10 bits per heavy atom. The van der Waals surface area contributed by atoms with Crippen molar-refractivity contribution >= 4 is 29.3 Å². The van der Waals surface area contributed by atoms with Crippen LogP contribution in [0.3, 0.4) is 0 Å². The van der Waals surface area contributed by atoms with E-state index in [1.165, 1.54) is 11.8 Å². The molecule has 0 aromatic heterocycles. The number of nitrogens with two attached hydrogens (primary N) is 1. The van der Waals surface area contributed by atoms with Gasteiger partial charge in [0.1, 0.15) is 0 Å². The quantitative estimate of drug-likeness (QED) is 0.872. The smallest absolute Gasteiger partial charge is 0.254 e. The van der Waals surface area contributed by atoms with Gasteiger partial charge in [0.25, 0.3) is 5.91 Å². The number of likely N-dealkylation sites (tertiary alicyclic amines) is 1. The molecule has 1 saturated heterocycles. The Kier molecular flexibility index (Phi) is 3.91. The molecule has 112 valence electrons. The standard InChI is InChI=1S/C15H19N3O2S/c1-9-14(19)17-12-7-10(4-5-13(12)21-9)15(20)18-6-2-3-11(18)8-16/h4-5,7,9,11H,2-3,6,8,16H2,1H3,(H,17,19). The summed E-state index contributed by atoms with van der Waals surface area (Å²) in [5.74, 6) is -0.0123. The molecule has 2 atom stereocenters. The second-order valence-electron chi connectivity index (χ2n) is 5.49. The first-order valence-corrected chi connectivity index (χ1v) is 8.10. The van der Waals surface area contributed by atoms with Crippen LogP contribution in [0.4, 0.5) is 5.69 Å². The van der Waals surface area contributed by atoms with Crippen LogP contribution in [0.2, 0.25) is 0 Å². The van der Waals surface area contributed by atoms with Gasteiger partial charge in [-0.15, -0.1) is 11.8 Å². The minimum atomic E-state index is -0.0979. The van der Waals surface area contributed by atoms with E-state index in [1.807, 2.05) is 24.0 Å². The fourth-order valence-corrected chi connectivity index (χ4v) is 3.79. The van der Waals surface area contributed by atoms with Gasteiger partial charge in [-0.3, -0.25) is 9.59 Å². The lowest BCUT2D eigenvalue weighted by Crippen LogP contribution is -2.40. The number of hydrogen-bond acceptors (Lipinski definition) is 4. The Morgan fingerprint density at radius 2 is 2.33 bits per heavy atom. The molecule has 6 heteroatoms. The van der Waals surface area contributed by atoms with Gasteiger partial charge in [-0.1, -0.05) is 0 Å². The van der Waals surface area contributed by atoms with Crippen LogP contribution >= 0.6 is 11.8 Å². The van der Waals surface area contributed by atoms with E-state index in [-0.39, 0.29) is 23.1 Å². The second-order valence-corrected chi connectivity index (χ2v) is 6.87. The minimum Gasteiger partial charge on any atom is -0.334 e. The lowest BCUT2D eigenvalue weighted by molar-refractivity contribution is -0.115. The van der Waals surface area contributed by atoms with Crippen molar-refractivity contribution in [2.24, 2.45) is 5.73 Å². The topological polar surface area (TPSA) is 75.4 Å². The Hall–Kier alpha value is -1.53. The highest BCUT2D eigenvalue weighted by Gasteiger charge is 2.29. The van der Waals surface area contributed by atoms with Gasteiger partial charge in [-0.2, -0.15) is 0 Å². The molecule has 21 heavy (non-hydrogen) atoms. The molecule has 2 aliphatic heterocycles. The molecule has 2 heterocycles. The molecule has 0 aliphatic carbocycles. The van der Waals surface area contributed by atoms with Crippen molar-refractivity contribution in [2.45, 2.75) is 36.0 Å². The van der Waals surface area contributed by atoms with E-state index in [9.17, 15) is 9.59 Å². The zero-order chi connectivity index (χ0) is 15.0. The molecule has 5 nitrogen and oxygen atoms in total. The average molecular weight is 305 g/mol. The Morgan fingerprint density at radius 1 is 1.52 bits per heavy atom. The summed E-state index contributed by atoms with van der Waals surface area (Å²) in [6.45, 7) is 3.13. The van der Waals surface area contributed by atoms with Gasteiger partial charge in [0.05, 0.1) is 10.9 Å². The molecule has 2 unspecified atom stereocenters. The largest absolute Gasteiger partial charge is 0.334 e. The lowest BCUT2D eigenvalue weighted by atomic mass is 10.1. The fraction of sp³-hybridized carbons (Fsp3) is 0.467. The second kappa shape index (κ2) is 5.69. The first-order valence-electron chi connectivity index (χ1n) is 7.22. The summed E-state index contributed by atoms with van der Waals surface area (Å²) in [5, 5.41) is 2.77.